The number of rotatable bonds is 3. The quantitative estimate of drug-likeness (QED) is 0.593. The van der Waals surface area contributed by atoms with E-state index in [1.165, 1.54) is 15.3 Å². The van der Waals surface area contributed by atoms with Gasteiger partial charge in [-0.2, -0.15) is 0 Å². The number of hydrogen-bond donors (Lipinski definition) is 1. The van der Waals surface area contributed by atoms with Crippen LogP contribution in [0.1, 0.15) is 34.2 Å². The van der Waals surface area contributed by atoms with E-state index in [2.05, 4.69) is 39.2 Å². The zero-order valence-corrected chi connectivity index (χ0v) is 18.8. The number of carbonyl (C=O) groups excluding carboxylic acids is 2. The average molecular weight is 452 g/mol. The lowest BCUT2D eigenvalue weighted by molar-refractivity contribution is -0.139. The number of anilines is 1. The Hall–Kier alpha value is -2.64. The molecule has 3 aromatic rings. The fraction of sp³-hybridized carbons (Fsp3) is 0.333. The van der Waals surface area contributed by atoms with Crippen molar-refractivity contribution in [1.29, 1.82) is 0 Å². The molecule has 0 aliphatic carbocycles. The van der Waals surface area contributed by atoms with Crippen molar-refractivity contribution < 1.29 is 9.59 Å². The second kappa shape index (κ2) is 8.85. The number of piperidine rings is 1. The maximum Gasteiger partial charge on any atom is 0.321 e. The molecular weight excluding hydrogens is 426 g/mol. The molecule has 3 amide bonds. The van der Waals surface area contributed by atoms with Crippen LogP contribution in [-0.4, -0.2) is 41.4 Å². The van der Waals surface area contributed by atoms with Crippen LogP contribution in [0.4, 0.5) is 10.5 Å². The summed E-state index contributed by atoms with van der Waals surface area (Å²) in [5.41, 5.74) is 2.08. The lowest BCUT2D eigenvalue weighted by Gasteiger charge is -2.39. The van der Waals surface area contributed by atoms with Crippen molar-refractivity contribution in [3.8, 4) is 0 Å². The van der Waals surface area contributed by atoms with Crippen LogP contribution in [0.3, 0.4) is 0 Å². The maximum absolute atomic E-state index is 13.6. The third-order valence-corrected chi connectivity index (χ3v) is 8.14. The lowest BCUT2D eigenvalue weighted by atomic mass is 9.91. The third-order valence-electron chi connectivity index (χ3n) is 6.22. The second-order valence-electron chi connectivity index (χ2n) is 8.06. The van der Waals surface area contributed by atoms with Crippen molar-refractivity contribution in [2.45, 2.75) is 25.3 Å². The third kappa shape index (κ3) is 4.12. The maximum atomic E-state index is 13.6. The van der Waals surface area contributed by atoms with Crippen LogP contribution in [0.25, 0.3) is 0 Å². The number of nitrogens with zero attached hydrogens (tertiary/aromatic N) is 2. The number of likely N-dealkylation sites (tertiary alicyclic amines) is 1. The highest BCUT2D eigenvalue weighted by Crippen LogP contribution is 2.40. The molecular formula is C24H25N3O2S2. The number of thiophene rings is 2. The van der Waals surface area contributed by atoms with Crippen molar-refractivity contribution in [1.82, 2.24) is 9.80 Å². The Labute approximate surface area is 190 Å². The first kappa shape index (κ1) is 20.3. The Bertz CT molecular complexity index is 1040. The normalized spacial score (nSPS) is 19.2. The van der Waals surface area contributed by atoms with Crippen LogP contribution in [0.2, 0.25) is 0 Å². The van der Waals surface area contributed by atoms with Crippen LogP contribution in [0.15, 0.2) is 59.3 Å². The number of hydrogen-bond acceptors (Lipinski definition) is 4. The van der Waals surface area contributed by atoms with Crippen molar-refractivity contribution in [3.63, 3.8) is 0 Å². The number of fused-ring (bicyclic) bond motifs is 1. The molecule has 0 bridgehead atoms. The topological polar surface area (TPSA) is 52.7 Å². The van der Waals surface area contributed by atoms with Crippen LogP contribution in [0, 0.1) is 5.92 Å². The molecule has 0 unspecified atom stereocenters. The smallest absolute Gasteiger partial charge is 0.321 e. The largest absolute Gasteiger partial charge is 0.330 e. The summed E-state index contributed by atoms with van der Waals surface area (Å²) in [4.78, 5) is 32.7. The van der Waals surface area contributed by atoms with E-state index in [1.54, 1.807) is 22.7 Å². The summed E-state index contributed by atoms with van der Waals surface area (Å²) in [6, 6.07) is 15.8. The molecule has 1 aromatic carbocycles. The van der Waals surface area contributed by atoms with Gasteiger partial charge in [0.1, 0.15) is 0 Å². The van der Waals surface area contributed by atoms with Crippen molar-refractivity contribution >= 4 is 40.3 Å². The van der Waals surface area contributed by atoms with E-state index in [9.17, 15) is 9.59 Å². The monoisotopic (exact) mass is 451 g/mol. The van der Waals surface area contributed by atoms with Gasteiger partial charge in [0, 0.05) is 41.0 Å². The molecule has 0 saturated carbocycles. The summed E-state index contributed by atoms with van der Waals surface area (Å²) in [7, 11) is 0. The molecule has 31 heavy (non-hydrogen) atoms. The molecule has 1 saturated heterocycles. The molecule has 1 N–H and O–H groups in total. The van der Waals surface area contributed by atoms with Crippen molar-refractivity contribution in [2.24, 2.45) is 5.92 Å². The number of benzene rings is 1. The first-order valence-corrected chi connectivity index (χ1v) is 12.5. The SMILES string of the molecule is O=C(Nc1ccccc1)N1CCC(C(=O)N2CCc3sccc3[C@@H]2c2cccs2)CC1. The first-order chi connectivity index (χ1) is 15.2. The Morgan fingerprint density at radius 2 is 1.71 bits per heavy atom. The predicted molar refractivity (Wildman–Crippen MR) is 126 cm³/mol. The van der Waals surface area contributed by atoms with Gasteiger partial charge < -0.3 is 15.1 Å². The van der Waals surface area contributed by atoms with Gasteiger partial charge >= 0.3 is 6.03 Å². The van der Waals surface area contributed by atoms with Gasteiger partial charge in [0.05, 0.1) is 6.04 Å². The van der Waals surface area contributed by atoms with Crippen LogP contribution >= 0.6 is 22.7 Å². The molecule has 5 rings (SSSR count). The standard InChI is InChI=1S/C24H25N3O2S2/c28-23(17-8-12-26(13-9-17)24(29)25-18-5-2-1-3-6-18)27-14-10-20-19(11-16-31-20)22(27)21-7-4-15-30-21/h1-7,11,15-17,22H,8-10,12-14H2,(H,25,29)/t22-/m1/s1. The van der Waals surface area contributed by atoms with Gasteiger partial charge in [-0.1, -0.05) is 24.3 Å². The second-order valence-corrected chi connectivity index (χ2v) is 10.0. The minimum absolute atomic E-state index is 0.0246. The van der Waals surface area contributed by atoms with E-state index < -0.39 is 0 Å². The van der Waals surface area contributed by atoms with Crippen LogP contribution < -0.4 is 5.32 Å². The zero-order valence-electron chi connectivity index (χ0n) is 17.2. The molecule has 2 aliphatic rings. The number of urea groups is 1. The molecule has 1 fully saturated rings. The van der Waals surface area contributed by atoms with Gasteiger partial charge in [-0.05, 0) is 59.9 Å². The number of amides is 3. The Morgan fingerprint density at radius 1 is 0.903 bits per heavy atom. The van der Waals surface area contributed by atoms with E-state index in [0.717, 1.165) is 18.7 Å². The molecule has 7 heteroatoms. The summed E-state index contributed by atoms with van der Waals surface area (Å²) in [5, 5.41) is 7.17. The lowest BCUT2D eigenvalue weighted by Crippen LogP contribution is -2.48. The van der Waals surface area contributed by atoms with Gasteiger partial charge in [-0.15, -0.1) is 22.7 Å². The fourth-order valence-corrected chi connectivity index (χ4v) is 6.35. The summed E-state index contributed by atoms with van der Waals surface area (Å²) >= 11 is 3.51. The van der Waals surface area contributed by atoms with E-state index in [-0.39, 0.29) is 23.9 Å². The Kier molecular flexibility index (Phi) is 5.78. The molecule has 4 heterocycles. The van der Waals surface area contributed by atoms with Crippen LogP contribution in [-0.2, 0) is 11.2 Å². The minimum Gasteiger partial charge on any atom is -0.330 e. The molecule has 2 aromatic heterocycles. The number of carbonyl (C=O) groups is 2. The number of nitrogens with one attached hydrogen (secondary N) is 1. The predicted octanol–water partition coefficient (Wildman–Crippen LogP) is 5.23. The van der Waals surface area contributed by atoms with Gasteiger partial charge in [0.15, 0.2) is 0 Å². The summed E-state index contributed by atoms with van der Waals surface area (Å²) in [6.45, 7) is 1.98. The molecule has 2 aliphatic heterocycles. The molecule has 160 valence electrons. The fourth-order valence-electron chi connectivity index (χ4n) is 4.60. The minimum atomic E-state index is -0.0885. The van der Waals surface area contributed by atoms with E-state index in [1.807, 2.05) is 35.2 Å². The summed E-state index contributed by atoms with van der Waals surface area (Å²) < 4.78 is 0. The summed E-state index contributed by atoms with van der Waals surface area (Å²) in [6.07, 6.45) is 2.36. The Morgan fingerprint density at radius 3 is 2.45 bits per heavy atom. The van der Waals surface area contributed by atoms with Gasteiger partial charge in [-0.25, -0.2) is 4.79 Å². The molecule has 0 radical (unpaired) electrons. The highest BCUT2D eigenvalue weighted by atomic mass is 32.1. The highest BCUT2D eigenvalue weighted by molar-refractivity contribution is 7.10. The van der Waals surface area contributed by atoms with Crippen molar-refractivity contribution in [3.05, 3.63) is 74.6 Å². The molecule has 5 nitrogen and oxygen atoms in total. The molecule has 1 atom stereocenters. The highest BCUT2D eigenvalue weighted by Gasteiger charge is 2.37. The Balaban J connectivity index is 1.25. The van der Waals surface area contributed by atoms with Gasteiger partial charge in [0.25, 0.3) is 0 Å². The first-order valence-electron chi connectivity index (χ1n) is 10.7. The molecule has 0 spiro atoms. The number of para-hydroxylation sites is 1. The van der Waals surface area contributed by atoms with Crippen LogP contribution in [0.5, 0.6) is 0 Å². The van der Waals surface area contributed by atoms with E-state index in [4.69, 9.17) is 0 Å². The van der Waals surface area contributed by atoms with Crippen molar-refractivity contribution in [2.75, 3.05) is 25.0 Å². The average Bonchev–Trinajstić information content (AvgIpc) is 3.51. The van der Waals surface area contributed by atoms with Gasteiger partial charge in [-0.3, -0.25) is 4.79 Å². The summed E-state index contributed by atoms with van der Waals surface area (Å²) in [5.74, 6) is 0.210. The van der Waals surface area contributed by atoms with E-state index >= 15 is 0 Å². The zero-order chi connectivity index (χ0) is 21.2. The van der Waals surface area contributed by atoms with E-state index in [0.29, 0.717) is 25.9 Å². The van der Waals surface area contributed by atoms with Gasteiger partial charge in [0.2, 0.25) is 5.91 Å².